The van der Waals surface area contributed by atoms with Crippen LogP contribution in [0.4, 0.5) is 10.5 Å². The maximum absolute atomic E-state index is 12.7. The number of rotatable bonds is 5. The number of aromatic nitrogens is 1. The van der Waals surface area contributed by atoms with Crippen molar-refractivity contribution in [1.82, 2.24) is 15.2 Å². The second kappa shape index (κ2) is 11.8. The van der Waals surface area contributed by atoms with E-state index in [9.17, 15) is 9.59 Å². The van der Waals surface area contributed by atoms with Crippen LogP contribution in [0.3, 0.4) is 0 Å². The van der Waals surface area contributed by atoms with Gasteiger partial charge in [0, 0.05) is 48.7 Å². The van der Waals surface area contributed by atoms with E-state index in [2.05, 4.69) is 22.2 Å². The lowest BCUT2D eigenvalue weighted by atomic mass is 9.89. The Bertz CT molecular complexity index is 862. The SMILES string of the molecule is C=C1/C=C\C(Cl)=C/CCCC1CNC(=O)C(N)C1CCN(C(=O)Nc2ccncc2)CC1. The maximum Gasteiger partial charge on any atom is 0.321 e. The Balaban J connectivity index is 1.44. The molecule has 1 aliphatic carbocycles. The fourth-order valence-corrected chi connectivity index (χ4v) is 4.24. The summed E-state index contributed by atoms with van der Waals surface area (Å²) in [7, 11) is 0. The number of nitrogens with zero attached hydrogens (tertiary/aromatic N) is 2. The first-order chi connectivity index (χ1) is 15.4. The molecule has 2 atom stereocenters. The van der Waals surface area contributed by atoms with Crippen molar-refractivity contribution in [2.75, 3.05) is 25.0 Å². The van der Waals surface area contributed by atoms with Gasteiger partial charge < -0.3 is 21.3 Å². The third-order valence-corrected chi connectivity index (χ3v) is 6.45. The topological polar surface area (TPSA) is 100 Å². The van der Waals surface area contributed by atoms with Crippen molar-refractivity contribution in [2.45, 2.75) is 38.1 Å². The molecule has 2 aliphatic rings. The zero-order chi connectivity index (χ0) is 22.9. The Hall–Kier alpha value is -2.64. The van der Waals surface area contributed by atoms with Crippen LogP contribution < -0.4 is 16.4 Å². The number of carbonyl (C=O) groups excluding carboxylic acids is 2. The Kier molecular flexibility index (Phi) is 8.88. The summed E-state index contributed by atoms with van der Waals surface area (Å²) in [6.45, 7) is 5.79. The zero-order valence-electron chi connectivity index (χ0n) is 18.3. The van der Waals surface area contributed by atoms with E-state index in [1.165, 1.54) is 0 Å². The summed E-state index contributed by atoms with van der Waals surface area (Å²) in [5.41, 5.74) is 7.96. The van der Waals surface area contributed by atoms with E-state index in [1.807, 2.05) is 18.2 Å². The summed E-state index contributed by atoms with van der Waals surface area (Å²) in [5, 5.41) is 6.61. The van der Waals surface area contributed by atoms with Crippen molar-refractivity contribution < 1.29 is 9.59 Å². The van der Waals surface area contributed by atoms with Crippen molar-refractivity contribution in [3.63, 3.8) is 0 Å². The highest BCUT2D eigenvalue weighted by Crippen LogP contribution is 2.23. The predicted molar refractivity (Wildman–Crippen MR) is 128 cm³/mol. The minimum Gasteiger partial charge on any atom is -0.354 e. The number of anilines is 1. The molecule has 2 heterocycles. The van der Waals surface area contributed by atoms with Crippen LogP contribution in [-0.4, -0.2) is 47.5 Å². The largest absolute Gasteiger partial charge is 0.354 e. The first-order valence-electron chi connectivity index (χ1n) is 11.2. The van der Waals surface area contributed by atoms with Gasteiger partial charge in [0.15, 0.2) is 0 Å². The molecule has 1 aromatic heterocycles. The van der Waals surface area contributed by atoms with E-state index in [1.54, 1.807) is 29.4 Å². The third kappa shape index (κ3) is 6.93. The predicted octanol–water partition coefficient (Wildman–Crippen LogP) is 3.80. The molecule has 1 aromatic rings. The van der Waals surface area contributed by atoms with Gasteiger partial charge in [0.25, 0.3) is 0 Å². The molecule has 0 spiro atoms. The molecule has 32 heavy (non-hydrogen) atoms. The Morgan fingerprint density at radius 1 is 1.22 bits per heavy atom. The van der Waals surface area contributed by atoms with Crippen LogP contribution in [0, 0.1) is 11.8 Å². The Morgan fingerprint density at radius 3 is 2.66 bits per heavy atom. The number of hydrogen-bond donors (Lipinski definition) is 3. The highest BCUT2D eigenvalue weighted by Gasteiger charge is 2.30. The summed E-state index contributed by atoms with van der Waals surface area (Å²) < 4.78 is 0. The molecule has 7 nitrogen and oxygen atoms in total. The Morgan fingerprint density at radius 2 is 1.94 bits per heavy atom. The zero-order valence-corrected chi connectivity index (χ0v) is 19.1. The van der Waals surface area contributed by atoms with Crippen LogP contribution in [-0.2, 0) is 4.79 Å². The molecule has 0 bridgehead atoms. The first-order valence-corrected chi connectivity index (χ1v) is 11.5. The lowest BCUT2D eigenvalue weighted by molar-refractivity contribution is -0.124. The van der Waals surface area contributed by atoms with Gasteiger partial charge in [0.2, 0.25) is 5.91 Å². The number of amides is 3. The summed E-state index contributed by atoms with van der Waals surface area (Å²) in [4.78, 5) is 30.9. The fraction of sp³-hybridized carbons (Fsp3) is 0.458. The van der Waals surface area contributed by atoms with Gasteiger partial charge in [-0.05, 0) is 56.2 Å². The number of nitrogens with two attached hydrogens (primary N) is 1. The lowest BCUT2D eigenvalue weighted by Crippen LogP contribution is -2.51. The monoisotopic (exact) mass is 457 g/mol. The van der Waals surface area contributed by atoms with Crippen LogP contribution in [0.1, 0.15) is 32.1 Å². The quantitative estimate of drug-likeness (QED) is 0.625. The number of urea groups is 1. The van der Waals surface area contributed by atoms with Gasteiger partial charge in [-0.25, -0.2) is 4.79 Å². The van der Waals surface area contributed by atoms with Crippen LogP contribution in [0.25, 0.3) is 0 Å². The number of allylic oxidation sites excluding steroid dienone is 4. The van der Waals surface area contributed by atoms with Crippen molar-refractivity contribution in [2.24, 2.45) is 17.6 Å². The molecule has 3 amide bonds. The number of pyridine rings is 1. The Labute approximate surface area is 194 Å². The average molecular weight is 458 g/mol. The van der Waals surface area contributed by atoms with Crippen molar-refractivity contribution >= 4 is 29.2 Å². The van der Waals surface area contributed by atoms with Gasteiger partial charge in [0.1, 0.15) is 0 Å². The van der Waals surface area contributed by atoms with E-state index in [-0.39, 0.29) is 23.8 Å². The van der Waals surface area contributed by atoms with Gasteiger partial charge in [-0.3, -0.25) is 9.78 Å². The summed E-state index contributed by atoms with van der Waals surface area (Å²) in [6, 6.07) is 2.77. The maximum atomic E-state index is 12.7. The standard InChI is InChI=1S/C24H32ClN5O2/c1-17-6-7-20(25)5-3-2-4-19(17)16-28-23(31)22(26)18-10-14-30(15-11-18)24(32)29-21-8-12-27-13-9-21/h5-9,12-13,18-19,22H,1-4,10-11,14-16,26H2,(H,28,31)(H,27,29,32)/b7-6-,20-5+. The first kappa shape index (κ1) is 24.0. The molecule has 8 heteroatoms. The summed E-state index contributed by atoms with van der Waals surface area (Å²) in [6.07, 6.45) is 13.3. The minimum atomic E-state index is -0.586. The summed E-state index contributed by atoms with van der Waals surface area (Å²) in [5.74, 6) is 0.0706. The number of halogens is 1. The molecule has 0 aromatic carbocycles. The summed E-state index contributed by atoms with van der Waals surface area (Å²) >= 11 is 6.12. The fourth-order valence-electron chi connectivity index (χ4n) is 4.07. The van der Waals surface area contributed by atoms with Crippen molar-refractivity contribution in [1.29, 1.82) is 0 Å². The van der Waals surface area contributed by atoms with Gasteiger partial charge in [0.05, 0.1) is 6.04 Å². The smallest absolute Gasteiger partial charge is 0.321 e. The van der Waals surface area contributed by atoms with E-state index in [0.29, 0.717) is 38.2 Å². The van der Waals surface area contributed by atoms with Gasteiger partial charge >= 0.3 is 6.03 Å². The molecule has 3 rings (SSSR count). The number of carbonyl (C=O) groups is 2. The minimum absolute atomic E-state index is 0.0478. The molecule has 0 saturated carbocycles. The highest BCUT2D eigenvalue weighted by atomic mass is 35.5. The average Bonchev–Trinajstić information content (AvgIpc) is 2.89. The molecular formula is C24H32ClN5O2. The van der Waals surface area contributed by atoms with Crippen LogP contribution in [0.5, 0.6) is 0 Å². The number of nitrogens with one attached hydrogen (secondary N) is 2. The molecule has 4 N–H and O–H groups in total. The highest BCUT2D eigenvalue weighted by molar-refractivity contribution is 6.31. The second-order valence-electron chi connectivity index (χ2n) is 8.39. The number of likely N-dealkylation sites (tertiary alicyclic amines) is 1. The normalized spacial score (nSPS) is 23.7. The van der Waals surface area contributed by atoms with Gasteiger partial charge in [-0.2, -0.15) is 0 Å². The van der Waals surface area contributed by atoms with Crippen molar-refractivity contribution in [3.05, 3.63) is 59.9 Å². The number of piperidine rings is 1. The van der Waals surface area contributed by atoms with Crippen LogP contribution >= 0.6 is 11.6 Å². The number of hydrogen-bond acceptors (Lipinski definition) is 4. The van der Waals surface area contributed by atoms with Crippen LogP contribution in [0.2, 0.25) is 0 Å². The molecule has 2 unspecified atom stereocenters. The van der Waals surface area contributed by atoms with Crippen LogP contribution in [0.15, 0.2) is 59.9 Å². The second-order valence-corrected chi connectivity index (χ2v) is 8.82. The van der Waals surface area contributed by atoms with Crippen molar-refractivity contribution in [3.8, 4) is 0 Å². The molecule has 1 saturated heterocycles. The van der Waals surface area contributed by atoms with E-state index in [0.717, 1.165) is 29.9 Å². The van der Waals surface area contributed by atoms with E-state index >= 15 is 0 Å². The molecule has 1 fully saturated rings. The third-order valence-electron chi connectivity index (χ3n) is 6.17. The lowest BCUT2D eigenvalue weighted by Gasteiger charge is -2.34. The van der Waals surface area contributed by atoms with E-state index in [4.69, 9.17) is 17.3 Å². The molecule has 172 valence electrons. The van der Waals surface area contributed by atoms with Gasteiger partial charge in [-0.15, -0.1) is 0 Å². The molecular weight excluding hydrogens is 426 g/mol. The van der Waals surface area contributed by atoms with E-state index < -0.39 is 6.04 Å². The molecule has 0 radical (unpaired) electrons. The van der Waals surface area contributed by atoms with Gasteiger partial charge in [-0.1, -0.05) is 35.9 Å². The molecule has 1 aliphatic heterocycles.